The number of thioether (sulfide) groups is 1. The van der Waals surface area contributed by atoms with Gasteiger partial charge in [0.25, 0.3) is 0 Å². The van der Waals surface area contributed by atoms with Gasteiger partial charge in [0.05, 0.1) is 22.7 Å². The highest BCUT2D eigenvalue weighted by Crippen LogP contribution is 2.50. The van der Waals surface area contributed by atoms with E-state index in [0.29, 0.717) is 11.2 Å². The van der Waals surface area contributed by atoms with Gasteiger partial charge in [0.2, 0.25) is 0 Å². The summed E-state index contributed by atoms with van der Waals surface area (Å²) in [7, 11) is 3.55. The zero-order valence-corrected chi connectivity index (χ0v) is 14.5. The first-order valence-electron chi connectivity index (χ1n) is 8.10. The minimum absolute atomic E-state index is 0.0345. The Bertz CT molecular complexity index is 989. The molecule has 1 aromatic carbocycles. The fourth-order valence-corrected chi connectivity index (χ4v) is 5.18. The molecule has 1 aromatic heterocycles. The maximum absolute atomic E-state index is 12.0. The van der Waals surface area contributed by atoms with Gasteiger partial charge in [0, 0.05) is 31.5 Å². The van der Waals surface area contributed by atoms with E-state index in [4.69, 9.17) is 0 Å². The molecule has 2 heterocycles. The van der Waals surface area contributed by atoms with E-state index in [1.165, 1.54) is 12.8 Å². The third kappa shape index (κ3) is 2.23. The summed E-state index contributed by atoms with van der Waals surface area (Å²) in [5.74, 6) is 0.393. The van der Waals surface area contributed by atoms with Gasteiger partial charge in [0.15, 0.2) is 0 Å². The second kappa shape index (κ2) is 5.67. The standard InChI is InChI=1S/C18H18N4OS/c1-21-14-7-6-11(8-15(14)22(2)18(21)23)10-20-17-13(9-19)12-4-3-5-16(12)24-17/h6-8,10,12,16H,3-5H2,1-2H3/b20-10+. The smallest absolute Gasteiger partial charge is 0.295 e. The molecule has 1 fully saturated rings. The van der Waals surface area contributed by atoms with Gasteiger partial charge >= 0.3 is 5.69 Å². The first-order chi connectivity index (χ1) is 11.6. The van der Waals surface area contributed by atoms with Crippen LogP contribution >= 0.6 is 11.8 Å². The van der Waals surface area contributed by atoms with Crippen molar-refractivity contribution in [3.05, 3.63) is 44.8 Å². The fraction of sp³-hybridized carbons (Fsp3) is 0.389. The van der Waals surface area contributed by atoms with Gasteiger partial charge in [-0.05, 0) is 30.5 Å². The molecule has 5 nitrogen and oxygen atoms in total. The number of aryl methyl sites for hydroxylation is 2. The molecule has 0 saturated heterocycles. The minimum Gasteiger partial charge on any atom is -0.295 e. The number of aliphatic imine (C=N–C) groups is 1. The van der Waals surface area contributed by atoms with Crippen molar-refractivity contribution in [3.63, 3.8) is 0 Å². The highest BCUT2D eigenvalue weighted by molar-refractivity contribution is 8.04. The number of hydrogen-bond acceptors (Lipinski definition) is 4. The lowest BCUT2D eigenvalue weighted by molar-refractivity contribution is 0.683. The molecule has 0 bridgehead atoms. The summed E-state index contributed by atoms with van der Waals surface area (Å²) in [6.07, 6.45) is 5.30. The predicted octanol–water partition coefficient (Wildman–Crippen LogP) is 2.95. The third-order valence-corrected chi connectivity index (χ3v) is 6.48. The number of nitrogens with zero attached hydrogens (tertiary/aromatic N) is 4. The van der Waals surface area contributed by atoms with Crippen LogP contribution in [0.2, 0.25) is 0 Å². The second-order valence-electron chi connectivity index (χ2n) is 6.43. The molecule has 0 N–H and O–H groups in total. The zero-order chi connectivity index (χ0) is 16.8. The van der Waals surface area contributed by atoms with Crippen LogP contribution in [0.4, 0.5) is 0 Å². The molecule has 0 spiro atoms. The van der Waals surface area contributed by atoms with Crippen LogP contribution in [-0.4, -0.2) is 20.6 Å². The summed E-state index contributed by atoms with van der Waals surface area (Å²) in [5, 5.41) is 10.9. The Morgan fingerprint density at radius 1 is 1.29 bits per heavy atom. The van der Waals surface area contributed by atoms with Gasteiger partial charge in [-0.3, -0.25) is 9.13 Å². The molecule has 1 aliphatic heterocycles. The van der Waals surface area contributed by atoms with E-state index in [0.717, 1.165) is 33.6 Å². The molecule has 6 heteroatoms. The maximum atomic E-state index is 12.0. The predicted molar refractivity (Wildman–Crippen MR) is 97.1 cm³/mol. The van der Waals surface area contributed by atoms with Crippen molar-refractivity contribution >= 4 is 29.0 Å². The molecule has 2 aromatic rings. The van der Waals surface area contributed by atoms with E-state index < -0.39 is 0 Å². The minimum atomic E-state index is -0.0345. The quantitative estimate of drug-likeness (QED) is 0.791. The van der Waals surface area contributed by atoms with Crippen LogP contribution in [0.3, 0.4) is 0 Å². The van der Waals surface area contributed by atoms with E-state index in [2.05, 4.69) is 11.1 Å². The van der Waals surface area contributed by atoms with Gasteiger partial charge < -0.3 is 0 Å². The molecular weight excluding hydrogens is 320 g/mol. The molecule has 1 aliphatic carbocycles. The topological polar surface area (TPSA) is 63.1 Å². The number of benzene rings is 1. The fourth-order valence-electron chi connectivity index (χ4n) is 3.73. The van der Waals surface area contributed by atoms with Crippen molar-refractivity contribution in [1.29, 1.82) is 5.26 Å². The average Bonchev–Trinajstić information content (AvgIpc) is 3.22. The Balaban J connectivity index is 1.69. The summed E-state index contributed by atoms with van der Waals surface area (Å²) in [5.41, 5.74) is 3.55. The highest BCUT2D eigenvalue weighted by Gasteiger charge is 2.39. The Morgan fingerprint density at radius 2 is 2.08 bits per heavy atom. The van der Waals surface area contributed by atoms with Crippen molar-refractivity contribution in [2.75, 3.05) is 0 Å². The number of fused-ring (bicyclic) bond motifs is 2. The normalized spacial score (nSPS) is 23.4. The lowest BCUT2D eigenvalue weighted by atomic mass is 10.00. The highest BCUT2D eigenvalue weighted by atomic mass is 32.2. The zero-order valence-electron chi connectivity index (χ0n) is 13.7. The summed E-state index contributed by atoms with van der Waals surface area (Å²) in [6.45, 7) is 0. The molecule has 2 atom stereocenters. The van der Waals surface area contributed by atoms with Crippen molar-refractivity contribution in [1.82, 2.24) is 9.13 Å². The number of aromatic nitrogens is 2. The van der Waals surface area contributed by atoms with Crippen LogP contribution in [0.1, 0.15) is 24.8 Å². The molecule has 2 unspecified atom stereocenters. The third-order valence-electron chi connectivity index (χ3n) is 5.06. The van der Waals surface area contributed by atoms with Gasteiger partial charge in [-0.25, -0.2) is 9.79 Å². The maximum Gasteiger partial charge on any atom is 0.328 e. The van der Waals surface area contributed by atoms with Crippen LogP contribution in [0.5, 0.6) is 0 Å². The average molecular weight is 338 g/mol. The Kier molecular flexibility index (Phi) is 3.61. The monoisotopic (exact) mass is 338 g/mol. The Labute approximate surface area is 144 Å². The summed E-state index contributed by atoms with van der Waals surface area (Å²) >= 11 is 1.75. The molecule has 24 heavy (non-hydrogen) atoms. The number of nitriles is 1. The number of imidazole rings is 1. The lowest BCUT2D eigenvalue weighted by Gasteiger charge is -2.05. The van der Waals surface area contributed by atoms with Crippen LogP contribution in [0.15, 0.2) is 38.6 Å². The Hall–Kier alpha value is -2.26. The van der Waals surface area contributed by atoms with E-state index >= 15 is 0 Å². The summed E-state index contributed by atoms with van der Waals surface area (Å²) in [4.78, 5) is 16.6. The van der Waals surface area contributed by atoms with Crippen LogP contribution in [0, 0.1) is 17.2 Å². The molecule has 2 aliphatic rings. The van der Waals surface area contributed by atoms with E-state index in [-0.39, 0.29) is 5.69 Å². The lowest BCUT2D eigenvalue weighted by Crippen LogP contribution is -2.19. The molecule has 0 amide bonds. The SMILES string of the molecule is Cn1c(=O)n(C)c2cc(/C=N/C3=C(C#N)C4CCCC4S3)ccc21. The van der Waals surface area contributed by atoms with E-state index in [9.17, 15) is 10.1 Å². The molecular formula is C18H18N4OS. The van der Waals surface area contributed by atoms with Crippen LogP contribution in [-0.2, 0) is 14.1 Å². The van der Waals surface area contributed by atoms with Crippen molar-refractivity contribution in [2.24, 2.45) is 25.0 Å². The van der Waals surface area contributed by atoms with Crippen LogP contribution in [0.25, 0.3) is 11.0 Å². The number of allylic oxidation sites excluding steroid dienone is 1. The van der Waals surface area contributed by atoms with Crippen molar-refractivity contribution in [3.8, 4) is 6.07 Å². The number of hydrogen-bond donors (Lipinski definition) is 0. The summed E-state index contributed by atoms with van der Waals surface area (Å²) < 4.78 is 3.28. The van der Waals surface area contributed by atoms with Gasteiger partial charge in [-0.1, -0.05) is 12.5 Å². The first-order valence-corrected chi connectivity index (χ1v) is 8.98. The summed E-state index contributed by atoms with van der Waals surface area (Å²) in [6, 6.07) is 8.23. The molecule has 4 rings (SSSR count). The van der Waals surface area contributed by atoms with Crippen LogP contribution < -0.4 is 5.69 Å². The van der Waals surface area contributed by atoms with E-state index in [1.807, 2.05) is 18.2 Å². The van der Waals surface area contributed by atoms with Gasteiger partial charge in [0.1, 0.15) is 5.03 Å². The van der Waals surface area contributed by atoms with Gasteiger partial charge in [-0.15, -0.1) is 11.8 Å². The first kappa shape index (κ1) is 15.3. The van der Waals surface area contributed by atoms with E-state index in [1.54, 1.807) is 41.2 Å². The van der Waals surface area contributed by atoms with Gasteiger partial charge in [-0.2, -0.15) is 5.26 Å². The number of rotatable bonds is 2. The van der Waals surface area contributed by atoms with Crippen molar-refractivity contribution < 1.29 is 0 Å². The molecule has 0 radical (unpaired) electrons. The second-order valence-corrected chi connectivity index (χ2v) is 7.66. The van der Waals surface area contributed by atoms with Crippen molar-refractivity contribution in [2.45, 2.75) is 24.5 Å². The molecule has 122 valence electrons. The Morgan fingerprint density at radius 3 is 2.88 bits per heavy atom. The largest absolute Gasteiger partial charge is 0.328 e. The molecule has 1 saturated carbocycles.